The topological polar surface area (TPSA) is 114 Å². The molecule has 2 heterocycles. The number of para-hydroxylation sites is 1. The van der Waals surface area contributed by atoms with Crippen molar-refractivity contribution in [3.63, 3.8) is 0 Å². The van der Waals surface area contributed by atoms with E-state index in [4.69, 9.17) is 5.14 Å². The number of aromatic nitrogens is 1. The third kappa shape index (κ3) is 4.44. The molecule has 1 amide bonds. The lowest BCUT2D eigenvalue weighted by molar-refractivity contribution is -0.141. The maximum atomic E-state index is 13.6. The minimum atomic E-state index is -4.56. The number of nitrogens with two attached hydrogens (primary N) is 1. The first-order valence-electron chi connectivity index (χ1n) is 11.3. The van der Waals surface area contributed by atoms with Crippen LogP contribution in [0.3, 0.4) is 0 Å². The smallest absolute Gasteiger partial charge is 0.372 e. The molecule has 38 heavy (non-hydrogen) atoms. The summed E-state index contributed by atoms with van der Waals surface area (Å²) in [5, 5.41) is 16.8. The molecule has 0 bridgehead atoms. The van der Waals surface area contributed by atoms with Gasteiger partial charge in [-0.05, 0) is 52.6 Å². The van der Waals surface area contributed by atoms with Crippen molar-refractivity contribution in [2.24, 2.45) is 5.14 Å². The summed E-state index contributed by atoms with van der Waals surface area (Å²) in [6.07, 6.45) is -3.46. The first-order chi connectivity index (χ1) is 17.9. The quantitative estimate of drug-likeness (QED) is 0.395. The number of pyridine rings is 1. The summed E-state index contributed by atoms with van der Waals surface area (Å²) in [5.41, 5.74) is -0.493. The summed E-state index contributed by atoms with van der Waals surface area (Å²) in [7, 11) is -3.96. The average molecular weight is 540 g/mol. The number of hydrogen-bond acceptors (Lipinski definition) is 5. The van der Waals surface area contributed by atoms with Crippen LogP contribution in [0, 0.1) is 0 Å². The lowest BCUT2D eigenvalue weighted by atomic mass is 9.87. The Morgan fingerprint density at radius 2 is 1.58 bits per heavy atom. The average Bonchev–Trinajstić information content (AvgIpc) is 3.11. The van der Waals surface area contributed by atoms with Crippen LogP contribution in [0.5, 0.6) is 0 Å². The van der Waals surface area contributed by atoms with E-state index in [0.717, 1.165) is 12.3 Å². The van der Waals surface area contributed by atoms with E-state index in [2.05, 4.69) is 4.98 Å². The number of sulfonamides is 1. The molecule has 0 spiro atoms. The Hall–Kier alpha value is -4.06. The van der Waals surface area contributed by atoms with Crippen LogP contribution in [-0.2, 0) is 33.1 Å². The van der Waals surface area contributed by atoms with Gasteiger partial charge in [-0.1, -0.05) is 54.6 Å². The van der Waals surface area contributed by atoms with Crippen LogP contribution >= 0.6 is 0 Å². The van der Waals surface area contributed by atoms with Gasteiger partial charge >= 0.3 is 6.18 Å². The van der Waals surface area contributed by atoms with Crippen molar-refractivity contribution >= 4 is 21.6 Å². The van der Waals surface area contributed by atoms with Crippen LogP contribution in [0.1, 0.15) is 22.4 Å². The van der Waals surface area contributed by atoms with Gasteiger partial charge in [0.2, 0.25) is 10.0 Å². The predicted molar refractivity (Wildman–Crippen MR) is 133 cm³/mol. The number of amides is 1. The van der Waals surface area contributed by atoms with Gasteiger partial charge in [-0.2, -0.15) is 13.2 Å². The normalized spacial score (nSPS) is 17.5. The van der Waals surface area contributed by atoms with Crippen molar-refractivity contribution in [1.82, 2.24) is 4.98 Å². The molecule has 0 saturated heterocycles. The number of carbonyl (C=O) groups is 1. The van der Waals surface area contributed by atoms with Crippen molar-refractivity contribution in [2.45, 2.75) is 23.2 Å². The van der Waals surface area contributed by atoms with Gasteiger partial charge in [0, 0.05) is 11.8 Å². The number of rotatable bonds is 5. The number of anilines is 1. The van der Waals surface area contributed by atoms with E-state index in [1.165, 1.54) is 35.2 Å². The minimum absolute atomic E-state index is 0.0812. The maximum Gasteiger partial charge on any atom is 0.433 e. The molecule has 3 N–H and O–H groups in total. The van der Waals surface area contributed by atoms with Crippen molar-refractivity contribution in [3.05, 3.63) is 114 Å². The van der Waals surface area contributed by atoms with Gasteiger partial charge < -0.3 is 10.0 Å². The Morgan fingerprint density at radius 3 is 2.21 bits per heavy atom. The molecule has 1 aliphatic rings. The summed E-state index contributed by atoms with van der Waals surface area (Å²) < 4.78 is 62.4. The van der Waals surface area contributed by atoms with E-state index in [-0.39, 0.29) is 17.0 Å². The summed E-state index contributed by atoms with van der Waals surface area (Å²) in [5.74, 6) is -0.630. The number of hydrogen-bond donors (Lipinski definition) is 2. The van der Waals surface area contributed by atoms with Crippen molar-refractivity contribution < 1.29 is 31.5 Å². The van der Waals surface area contributed by atoms with E-state index in [1.807, 2.05) is 0 Å². The number of halogens is 3. The zero-order valence-corrected chi connectivity index (χ0v) is 20.4. The monoisotopic (exact) mass is 539 g/mol. The van der Waals surface area contributed by atoms with Crippen LogP contribution in [0.4, 0.5) is 18.9 Å². The molecule has 4 aromatic rings. The van der Waals surface area contributed by atoms with Crippen molar-refractivity contribution in [3.8, 4) is 11.1 Å². The zero-order valence-electron chi connectivity index (χ0n) is 19.6. The van der Waals surface area contributed by atoms with Gasteiger partial charge in [0.15, 0.2) is 5.60 Å². The van der Waals surface area contributed by atoms with Gasteiger partial charge in [0.1, 0.15) is 5.69 Å². The van der Waals surface area contributed by atoms with Crippen LogP contribution < -0.4 is 10.0 Å². The highest BCUT2D eigenvalue weighted by atomic mass is 32.2. The fourth-order valence-electron chi connectivity index (χ4n) is 4.51. The third-order valence-corrected chi connectivity index (χ3v) is 7.35. The molecule has 1 unspecified atom stereocenters. The Morgan fingerprint density at radius 1 is 0.921 bits per heavy atom. The van der Waals surface area contributed by atoms with E-state index < -0.39 is 33.4 Å². The lowest BCUT2D eigenvalue weighted by Crippen LogP contribution is -2.40. The molecule has 7 nitrogen and oxygen atoms in total. The largest absolute Gasteiger partial charge is 0.433 e. The van der Waals surface area contributed by atoms with E-state index in [0.29, 0.717) is 27.9 Å². The molecule has 1 aromatic heterocycles. The number of nitrogens with zero attached hydrogens (tertiary/aromatic N) is 2. The third-order valence-electron chi connectivity index (χ3n) is 6.42. The molecular formula is C27H20F3N3O4S. The molecule has 0 fully saturated rings. The first kappa shape index (κ1) is 25.6. The molecule has 194 valence electrons. The molecule has 1 atom stereocenters. The Balaban J connectivity index is 1.45. The standard InChI is InChI=1S/C27H20F3N3O4S/c28-27(29,30)24-15-19(13-14-32-24)18-7-5-17(6-8-18)16-33-23-4-2-1-3-22(23)26(35,25(33)34)20-9-11-21(12-10-20)38(31,36)37/h1-15,35H,16H2,(H2,31,36,37). The van der Waals surface area contributed by atoms with Crippen molar-refractivity contribution in [2.75, 3.05) is 4.90 Å². The first-order valence-corrected chi connectivity index (χ1v) is 12.8. The van der Waals surface area contributed by atoms with Crippen molar-refractivity contribution in [1.29, 1.82) is 0 Å². The number of carbonyl (C=O) groups excluding carboxylic acids is 1. The number of primary sulfonamides is 1. The minimum Gasteiger partial charge on any atom is -0.372 e. The highest BCUT2D eigenvalue weighted by Crippen LogP contribution is 2.45. The molecule has 3 aromatic carbocycles. The number of fused-ring (bicyclic) bond motifs is 1. The van der Waals surface area contributed by atoms with E-state index in [9.17, 15) is 31.5 Å². The number of alkyl halides is 3. The van der Waals surface area contributed by atoms with Crippen LogP contribution in [0.15, 0.2) is 96.0 Å². The van der Waals surface area contributed by atoms with Gasteiger partial charge in [-0.3, -0.25) is 9.78 Å². The molecule has 0 aliphatic carbocycles. The second-order valence-corrected chi connectivity index (χ2v) is 10.4. The lowest BCUT2D eigenvalue weighted by Gasteiger charge is -2.24. The van der Waals surface area contributed by atoms with Crippen LogP contribution in [0.2, 0.25) is 0 Å². The maximum absolute atomic E-state index is 13.6. The highest BCUT2D eigenvalue weighted by molar-refractivity contribution is 7.89. The summed E-state index contributed by atoms with van der Waals surface area (Å²) >= 11 is 0. The molecular weight excluding hydrogens is 519 g/mol. The molecule has 0 saturated carbocycles. The van der Waals surface area contributed by atoms with E-state index >= 15 is 0 Å². The molecule has 5 rings (SSSR count). The summed E-state index contributed by atoms with van der Waals surface area (Å²) in [6.45, 7) is 0.0812. The molecule has 0 radical (unpaired) electrons. The zero-order chi connectivity index (χ0) is 27.3. The highest BCUT2D eigenvalue weighted by Gasteiger charge is 2.50. The van der Waals surface area contributed by atoms with Gasteiger partial charge in [0.05, 0.1) is 17.1 Å². The fraction of sp³-hybridized carbons (Fsp3) is 0.111. The number of benzene rings is 3. The SMILES string of the molecule is NS(=O)(=O)c1ccc(C2(O)C(=O)N(Cc3ccc(-c4ccnc(C(F)(F)F)c4)cc3)c3ccccc32)cc1. The van der Waals surface area contributed by atoms with Gasteiger partial charge in [0.25, 0.3) is 5.91 Å². The Bertz CT molecular complexity index is 1640. The second kappa shape index (κ2) is 9.05. The Labute approximate surface area is 216 Å². The Kier molecular flexibility index (Phi) is 6.09. The molecule has 11 heteroatoms. The van der Waals surface area contributed by atoms with Crippen LogP contribution in [0.25, 0.3) is 11.1 Å². The predicted octanol–water partition coefficient (Wildman–Crippen LogP) is 4.20. The van der Waals surface area contributed by atoms with E-state index in [1.54, 1.807) is 48.5 Å². The number of aliphatic hydroxyl groups is 1. The van der Waals surface area contributed by atoms with Crippen LogP contribution in [-0.4, -0.2) is 24.4 Å². The van der Waals surface area contributed by atoms with Gasteiger partial charge in [-0.15, -0.1) is 0 Å². The summed E-state index contributed by atoms with van der Waals surface area (Å²) in [6, 6.07) is 21.0. The second-order valence-electron chi connectivity index (χ2n) is 8.81. The molecule has 1 aliphatic heterocycles. The summed E-state index contributed by atoms with van der Waals surface area (Å²) in [4.78, 5) is 18.2. The van der Waals surface area contributed by atoms with Gasteiger partial charge in [-0.25, -0.2) is 13.6 Å². The fourth-order valence-corrected chi connectivity index (χ4v) is 5.02.